The van der Waals surface area contributed by atoms with Crippen LogP contribution < -0.4 is 0 Å². The van der Waals surface area contributed by atoms with Crippen LogP contribution in [0.15, 0.2) is 164 Å². The Balaban J connectivity index is 1.38. The molecule has 0 saturated carbocycles. The van der Waals surface area contributed by atoms with E-state index in [1.54, 1.807) is 6.08 Å². The van der Waals surface area contributed by atoms with Crippen molar-refractivity contribution in [3.05, 3.63) is 181 Å². The number of nitrogens with zero attached hydrogens (tertiary/aromatic N) is 5. The number of fused-ring (bicyclic) bond motifs is 4. The third-order valence-corrected chi connectivity index (χ3v) is 10.5. The second-order valence-corrected chi connectivity index (χ2v) is 13.6. The summed E-state index contributed by atoms with van der Waals surface area (Å²) in [5, 5.41) is 4.99. The highest BCUT2D eigenvalue weighted by molar-refractivity contribution is 6.25. The Morgan fingerprint density at radius 2 is 1.32 bits per heavy atom. The second kappa shape index (κ2) is 12.4. The minimum Gasteiger partial charge on any atom is -0.307 e. The molecule has 10 rings (SSSR count). The van der Waals surface area contributed by atoms with E-state index in [1.165, 1.54) is 54.8 Å². The Hall–Kier alpha value is -6.85. The van der Waals surface area contributed by atoms with E-state index in [9.17, 15) is 0 Å². The molecule has 5 nitrogen and oxygen atoms in total. The van der Waals surface area contributed by atoms with Crippen molar-refractivity contribution in [3.8, 4) is 34.2 Å². The van der Waals surface area contributed by atoms with E-state index in [1.807, 2.05) is 43.4 Å². The number of allylic oxidation sites excluding steroid dienone is 5. The Bertz CT molecular complexity index is 2960. The molecule has 1 aliphatic carbocycles. The van der Waals surface area contributed by atoms with Crippen molar-refractivity contribution in [1.82, 2.24) is 24.1 Å². The maximum Gasteiger partial charge on any atom is 0.238 e. The summed E-state index contributed by atoms with van der Waals surface area (Å²) >= 11 is 0. The molecule has 5 heteroatoms. The van der Waals surface area contributed by atoms with Crippen LogP contribution in [0.5, 0.6) is 0 Å². The van der Waals surface area contributed by atoms with Crippen LogP contribution in [0.1, 0.15) is 23.9 Å². The highest BCUT2D eigenvalue weighted by atomic mass is 15.2. The highest BCUT2D eigenvalue weighted by Crippen LogP contribution is 2.46. The minimum absolute atomic E-state index is 0.570. The molecule has 0 saturated heterocycles. The van der Waals surface area contributed by atoms with Crippen LogP contribution in [-0.2, 0) is 12.8 Å². The second-order valence-electron chi connectivity index (χ2n) is 13.6. The van der Waals surface area contributed by atoms with E-state index in [4.69, 9.17) is 15.0 Å². The maximum atomic E-state index is 5.27. The van der Waals surface area contributed by atoms with Gasteiger partial charge in [0.1, 0.15) is 0 Å². The van der Waals surface area contributed by atoms with Crippen LogP contribution in [0.3, 0.4) is 0 Å². The molecule has 3 aromatic heterocycles. The van der Waals surface area contributed by atoms with E-state index in [-0.39, 0.29) is 0 Å². The van der Waals surface area contributed by atoms with Gasteiger partial charge in [0.05, 0.1) is 22.1 Å². The number of aromatic nitrogens is 5. The van der Waals surface area contributed by atoms with E-state index >= 15 is 0 Å². The fourth-order valence-corrected chi connectivity index (χ4v) is 8.27. The Morgan fingerprint density at radius 3 is 2.13 bits per heavy atom. The lowest BCUT2D eigenvalue weighted by molar-refractivity contribution is 0.932. The summed E-state index contributed by atoms with van der Waals surface area (Å²) in [4.78, 5) is 15.6. The van der Waals surface area contributed by atoms with E-state index in [2.05, 4.69) is 131 Å². The van der Waals surface area contributed by atoms with Gasteiger partial charge in [-0.2, -0.15) is 9.97 Å². The molecule has 0 amide bonds. The maximum absolute atomic E-state index is 5.27. The van der Waals surface area contributed by atoms with E-state index < -0.39 is 0 Å². The lowest BCUT2D eigenvalue weighted by Gasteiger charge is -2.16. The molecule has 252 valence electrons. The van der Waals surface area contributed by atoms with Gasteiger partial charge in [0.15, 0.2) is 11.6 Å². The van der Waals surface area contributed by atoms with Gasteiger partial charge >= 0.3 is 0 Å². The summed E-state index contributed by atoms with van der Waals surface area (Å²) in [7, 11) is 0. The first-order valence-electron chi connectivity index (χ1n) is 18.2. The van der Waals surface area contributed by atoms with Gasteiger partial charge in [-0.25, -0.2) is 4.98 Å². The normalized spacial score (nSPS) is 13.0. The molecule has 0 atom stereocenters. The minimum atomic E-state index is 0.570. The van der Waals surface area contributed by atoms with Crippen LogP contribution in [0, 0.1) is 0 Å². The van der Waals surface area contributed by atoms with Crippen molar-refractivity contribution in [2.24, 2.45) is 0 Å². The number of rotatable bonds is 7. The SMILES string of the molecule is C=C/C=C(\C=C/C)c1nc(-c2ccccc2)nc(-n2c3ccccc3c3cc4c5c6c(cccc6n(-c6cccc(-c7ccccc7)c6)c5c32)CC4)n1. The third kappa shape index (κ3) is 4.89. The largest absolute Gasteiger partial charge is 0.307 e. The van der Waals surface area contributed by atoms with Gasteiger partial charge in [0.25, 0.3) is 0 Å². The summed E-state index contributed by atoms with van der Waals surface area (Å²) in [6.45, 7) is 6.00. The molecule has 0 spiro atoms. The smallest absolute Gasteiger partial charge is 0.238 e. The predicted octanol–water partition coefficient (Wildman–Crippen LogP) is 11.6. The standard InChI is InChI=1S/C48H35N5/c1-3-15-33(16-4-2)46-49-47(34-19-9-6-10-20-34)51-48(50-46)53-40-25-12-11-24-38(40)39-30-36-28-27-32-21-14-26-41-42(32)43(36)45(44(39)53)52(41)37-23-13-22-35(29-37)31-17-7-5-8-18-31/h3-26,29-30H,1,27-28H2,2H3/b16-4-,33-15+. The van der Waals surface area contributed by atoms with Crippen molar-refractivity contribution in [3.63, 3.8) is 0 Å². The van der Waals surface area contributed by atoms with Crippen LogP contribution in [-0.4, -0.2) is 24.1 Å². The number of para-hydroxylation sites is 1. The number of hydrogen-bond acceptors (Lipinski definition) is 3. The average Bonchev–Trinajstić information content (AvgIpc) is 3.74. The summed E-state index contributed by atoms with van der Waals surface area (Å²) < 4.78 is 4.75. The summed E-state index contributed by atoms with van der Waals surface area (Å²) in [6.07, 6.45) is 9.76. The Labute approximate surface area is 307 Å². The molecule has 1 aliphatic rings. The van der Waals surface area contributed by atoms with Gasteiger partial charge in [-0.05, 0) is 72.4 Å². The molecule has 3 heterocycles. The van der Waals surface area contributed by atoms with E-state index in [0.717, 1.165) is 40.7 Å². The molecular weight excluding hydrogens is 647 g/mol. The molecule has 6 aromatic carbocycles. The van der Waals surface area contributed by atoms with Crippen LogP contribution in [0.25, 0.3) is 83.3 Å². The van der Waals surface area contributed by atoms with Gasteiger partial charge in [-0.15, -0.1) is 0 Å². The Kier molecular flexibility index (Phi) is 7.25. The zero-order valence-corrected chi connectivity index (χ0v) is 29.4. The van der Waals surface area contributed by atoms with Crippen molar-refractivity contribution in [1.29, 1.82) is 0 Å². The topological polar surface area (TPSA) is 48.5 Å². The van der Waals surface area contributed by atoms with Gasteiger partial charge in [0.2, 0.25) is 5.95 Å². The fraction of sp³-hybridized carbons (Fsp3) is 0.0625. The summed E-state index contributed by atoms with van der Waals surface area (Å²) in [5.41, 5.74) is 12.5. The quantitative estimate of drug-likeness (QED) is 0.157. The zero-order valence-electron chi connectivity index (χ0n) is 29.4. The van der Waals surface area contributed by atoms with Crippen LogP contribution in [0.2, 0.25) is 0 Å². The molecule has 0 radical (unpaired) electrons. The van der Waals surface area contributed by atoms with Crippen molar-refractivity contribution in [2.75, 3.05) is 0 Å². The zero-order chi connectivity index (χ0) is 35.5. The number of aryl methyl sites for hydroxylation is 2. The molecule has 0 unspecified atom stereocenters. The first-order valence-corrected chi connectivity index (χ1v) is 18.2. The molecule has 0 fully saturated rings. The highest BCUT2D eigenvalue weighted by Gasteiger charge is 2.28. The van der Waals surface area contributed by atoms with Gasteiger partial charge < -0.3 is 4.57 Å². The Morgan fingerprint density at radius 1 is 0.604 bits per heavy atom. The van der Waals surface area contributed by atoms with Crippen LogP contribution >= 0.6 is 0 Å². The van der Waals surface area contributed by atoms with Gasteiger partial charge in [-0.1, -0.05) is 134 Å². The van der Waals surface area contributed by atoms with Gasteiger partial charge in [-0.3, -0.25) is 4.57 Å². The van der Waals surface area contributed by atoms with Crippen LogP contribution in [0.4, 0.5) is 0 Å². The lowest BCUT2D eigenvalue weighted by Crippen LogP contribution is -2.08. The lowest BCUT2D eigenvalue weighted by atomic mass is 9.90. The average molecular weight is 682 g/mol. The first-order chi connectivity index (χ1) is 26.2. The number of benzene rings is 6. The first kappa shape index (κ1) is 30.9. The van der Waals surface area contributed by atoms with Crippen molar-refractivity contribution < 1.29 is 0 Å². The summed E-state index contributed by atoms with van der Waals surface area (Å²) in [5.74, 6) is 1.77. The molecule has 0 aliphatic heterocycles. The van der Waals surface area contributed by atoms with Gasteiger partial charge in [0, 0.05) is 38.4 Å². The molecule has 0 bridgehead atoms. The molecular formula is C48H35N5. The molecule has 9 aromatic rings. The van der Waals surface area contributed by atoms with E-state index in [0.29, 0.717) is 17.6 Å². The molecule has 53 heavy (non-hydrogen) atoms. The number of hydrogen-bond donors (Lipinski definition) is 0. The van der Waals surface area contributed by atoms with Crippen molar-refractivity contribution in [2.45, 2.75) is 19.8 Å². The fourth-order valence-electron chi connectivity index (χ4n) is 8.27. The summed E-state index contributed by atoms with van der Waals surface area (Å²) in [6, 6.07) is 47.6. The molecule has 0 N–H and O–H groups in total. The predicted molar refractivity (Wildman–Crippen MR) is 220 cm³/mol. The van der Waals surface area contributed by atoms with Crippen molar-refractivity contribution >= 4 is 49.2 Å². The third-order valence-electron chi connectivity index (χ3n) is 10.5. The monoisotopic (exact) mass is 681 g/mol.